The maximum atomic E-state index is 3.35. The Bertz CT molecular complexity index is 76.6. The van der Waals surface area contributed by atoms with Crippen LogP contribution in [-0.4, -0.2) is 12.6 Å². The average Bonchev–Trinajstić information content (AvgIpc) is 1.89. The summed E-state index contributed by atoms with van der Waals surface area (Å²) < 4.78 is 0. The summed E-state index contributed by atoms with van der Waals surface area (Å²) >= 11 is 0. The molecule has 0 saturated carbocycles. The number of hydrogen-bond acceptors (Lipinski definition) is 1. The van der Waals surface area contributed by atoms with Crippen LogP contribution in [0.15, 0.2) is 12.2 Å². The van der Waals surface area contributed by atoms with Crippen LogP contribution in [0.25, 0.3) is 0 Å². The Kier molecular flexibility index (Phi) is 5.64. The van der Waals surface area contributed by atoms with Crippen molar-refractivity contribution in [1.29, 1.82) is 0 Å². The van der Waals surface area contributed by atoms with Gasteiger partial charge in [-0.05, 0) is 20.3 Å². The molecule has 0 heterocycles. The van der Waals surface area contributed by atoms with Crippen LogP contribution in [0, 0.1) is 0 Å². The minimum absolute atomic E-state index is 0.654. The number of rotatable bonds is 4. The highest BCUT2D eigenvalue weighted by Gasteiger charge is 1.91. The summed E-state index contributed by atoms with van der Waals surface area (Å²) in [5.74, 6) is 0. The van der Waals surface area contributed by atoms with Gasteiger partial charge in [0.15, 0.2) is 0 Å². The normalized spacial score (nSPS) is 14.6. The monoisotopic (exact) mass is 127 g/mol. The van der Waals surface area contributed by atoms with Crippen LogP contribution < -0.4 is 5.32 Å². The van der Waals surface area contributed by atoms with Gasteiger partial charge in [-0.25, -0.2) is 0 Å². The minimum Gasteiger partial charge on any atom is -0.311 e. The Labute approximate surface area is 58.2 Å². The summed E-state index contributed by atoms with van der Waals surface area (Å²) in [6, 6.07) is 0.654. The number of hydrogen-bond donors (Lipinski definition) is 1. The molecule has 0 aliphatic heterocycles. The first-order valence-corrected chi connectivity index (χ1v) is 3.65. The van der Waals surface area contributed by atoms with E-state index in [9.17, 15) is 0 Å². The lowest BCUT2D eigenvalue weighted by Crippen LogP contribution is -2.24. The molecule has 1 unspecified atom stereocenters. The lowest BCUT2D eigenvalue weighted by atomic mass is 10.2. The maximum absolute atomic E-state index is 3.35. The molecule has 1 heteroatoms. The fourth-order valence-electron chi connectivity index (χ4n) is 0.531. The molecule has 0 fully saturated rings. The van der Waals surface area contributed by atoms with Crippen molar-refractivity contribution < 1.29 is 0 Å². The summed E-state index contributed by atoms with van der Waals surface area (Å²) in [4.78, 5) is 0. The van der Waals surface area contributed by atoms with E-state index in [0.717, 1.165) is 6.54 Å². The molecule has 0 rings (SSSR count). The molecule has 0 bridgehead atoms. The Balaban J connectivity index is 3.06. The van der Waals surface area contributed by atoms with E-state index in [1.54, 1.807) is 0 Å². The molecule has 0 amide bonds. The topological polar surface area (TPSA) is 12.0 Å². The maximum Gasteiger partial charge on any atom is 0.0137 e. The van der Waals surface area contributed by atoms with E-state index < -0.39 is 0 Å². The van der Waals surface area contributed by atoms with Gasteiger partial charge in [0.2, 0.25) is 0 Å². The molecule has 54 valence electrons. The summed E-state index contributed by atoms with van der Waals surface area (Å²) in [5, 5.41) is 3.35. The SMILES string of the molecule is CC=CCNC(C)CC. The van der Waals surface area contributed by atoms with Gasteiger partial charge in [0.05, 0.1) is 0 Å². The molecular weight excluding hydrogens is 110 g/mol. The average molecular weight is 127 g/mol. The highest BCUT2D eigenvalue weighted by molar-refractivity contribution is 4.80. The zero-order chi connectivity index (χ0) is 7.11. The van der Waals surface area contributed by atoms with E-state index in [-0.39, 0.29) is 0 Å². The number of allylic oxidation sites excluding steroid dienone is 1. The van der Waals surface area contributed by atoms with Gasteiger partial charge >= 0.3 is 0 Å². The van der Waals surface area contributed by atoms with Crippen molar-refractivity contribution in [3.8, 4) is 0 Å². The third-order valence-electron chi connectivity index (χ3n) is 1.43. The standard InChI is InChI=1S/C8H17N/c1-4-6-7-9-8(3)5-2/h4,6,8-9H,5,7H2,1-3H3. The van der Waals surface area contributed by atoms with Crippen LogP contribution >= 0.6 is 0 Å². The van der Waals surface area contributed by atoms with Crippen LogP contribution in [0.1, 0.15) is 27.2 Å². The highest BCUT2D eigenvalue weighted by atomic mass is 14.9. The van der Waals surface area contributed by atoms with Gasteiger partial charge < -0.3 is 5.32 Å². The third kappa shape index (κ3) is 5.57. The van der Waals surface area contributed by atoms with Gasteiger partial charge in [0, 0.05) is 12.6 Å². The second-order valence-electron chi connectivity index (χ2n) is 2.29. The summed E-state index contributed by atoms with van der Waals surface area (Å²) in [7, 11) is 0. The van der Waals surface area contributed by atoms with Crippen molar-refractivity contribution in [2.24, 2.45) is 0 Å². The Hall–Kier alpha value is -0.300. The molecule has 1 nitrogen and oxygen atoms in total. The molecule has 0 aromatic heterocycles. The summed E-state index contributed by atoms with van der Waals surface area (Å²) in [5.41, 5.74) is 0. The summed E-state index contributed by atoms with van der Waals surface area (Å²) in [6.07, 6.45) is 5.40. The van der Waals surface area contributed by atoms with E-state index in [1.165, 1.54) is 6.42 Å². The van der Waals surface area contributed by atoms with Gasteiger partial charge in [-0.1, -0.05) is 19.1 Å². The second kappa shape index (κ2) is 5.83. The molecule has 0 aromatic carbocycles. The third-order valence-corrected chi connectivity index (χ3v) is 1.43. The molecule has 1 atom stereocenters. The van der Waals surface area contributed by atoms with E-state index in [4.69, 9.17) is 0 Å². The van der Waals surface area contributed by atoms with Crippen molar-refractivity contribution in [2.75, 3.05) is 6.54 Å². The molecular formula is C8H17N. The van der Waals surface area contributed by atoms with Crippen molar-refractivity contribution in [2.45, 2.75) is 33.2 Å². The second-order valence-corrected chi connectivity index (χ2v) is 2.29. The molecule has 9 heavy (non-hydrogen) atoms. The Morgan fingerprint density at radius 2 is 2.22 bits per heavy atom. The molecule has 1 N–H and O–H groups in total. The zero-order valence-corrected chi connectivity index (χ0v) is 6.65. The van der Waals surface area contributed by atoms with Gasteiger partial charge in [-0.2, -0.15) is 0 Å². The van der Waals surface area contributed by atoms with Gasteiger partial charge in [0.1, 0.15) is 0 Å². The smallest absolute Gasteiger partial charge is 0.0137 e. The zero-order valence-electron chi connectivity index (χ0n) is 6.65. The molecule has 0 radical (unpaired) electrons. The first kappa shape index (κ1) is 8.70. The van der Waals surface area contributed by atoms with E-state index in [1.807, 2.05) is 6.92 Å². The lowest BCUT2D eigenvalue weighted by molar-refractivity contribution is 0.567. The largest absolute Gasteiger partial charge is 0.311 e. The minimum atomic E-state index is 0.654. The van der Waals surface area contributed by atoms with Crippen molar-refractivity contribution in [1.82, 2.24) is 5.32 Å². The molecule has 0 aliphatic rings. The van der Waals surface area contributed by atoms with Crippen LogP contribution in [0.3, 0.4) is 0 Å². The molecule has 0 spiro atoms. The van der Waals surface area contributed by atoms with Crippen molar-refractivity contribution >= 4 is 0 Å². The van der Waals surface area contributed by atoms with E-state index in [2.05, 4.69) is 31.3 Å². The van der Waals surface area contributed by atoms with Crippen LogP contribution in [0.4, 0.5) is 0 Å². The quantitative estimate of drug-likeness (QED) is 0.569. The first-order chi connectivity index (χ1) is 4.31. The fraction of sp³-hybridized carbons (Fsp3) is 0.750. The van der Waals surface area contributed by atoms with Crippen molar-refractivity contribution in [3.05, 3.63) is 12.2 Å². The lowest BCUT2D eigenvalue weighted by Gasteiger charge is -2.07. The van der Waals surface area contributed by atoms with Crippen LogP contribution in [0.5, 0.6) is 0 Å². The number of nitrogens with one attached hydrogen (secondary N) is 1. The predicted molar refractivity (Wildman–Crippen MR) is 42.6 cm³/mol. The fourth-order valence-corrected chi connectivity index (χ4v) is 0.531. The van der Waals surface area contributed by atoms with Gasteiger partial charge in [-0.3, -0.25) is 0 Å². The van der Waals surface area contributed by atoms with Crippen LogP contribution in [0.2, 0.25) is 0 Å². The van der Waals surface area contributed by atoms with E-state index >= 15 is 0 Å². The summed E-state index contributed by atoms with van der Waals surface area (Å²) in [6.45, 7) is 7.43. The Morgan fingerprint density at radius 3 is 2.67 bits per heavy atom. The van der Waals surface area contributed by atoms with E-state index in [0.29, 0.717) is 6.04 Å². The van der Waals surface area contributed by atoms with Gasteiger partial charge in [-0.15, -0.1) is 0 Å². The highest BCUT2D eigenvalue weighted by Crippen LogP contribution is 1.85. The molecule has 0 aromatic rings. The molecule has 0 aliphatic carbocycles. The predicted octanol–water partition coefficient (Wildman–Crippen LogP) is 1.95. The Morgan fingerprint density at radius 1 is 1.56 bits per heavy atom. The van der Waals surface area contributed by atoms with Crippen molar-refractivity contribution in [3.63, 3.8) is 0 Å². The van der Waals surface area contributed by atoms with Crippen LogP contribution in [-0.2, 0) is 0 Å². The first-order valence-electron chi connectivity index (χ1n) is 3.65. The molecule has 0 saturated heterocycles. The van der Waals surface area contributed by atoms with Gasteiger partial charge in [0.25, 0.3) is 0 Å².